The van der Waals surface area contributed by atoms with Gasteiger partial charge in [-0.05, 0) is 36.8 Å². The molecule has 3 aromatic rings. The lowest BCUT2D eigenvalue weighted by Gasteiger charge is -2.12. The Morgan fingerprint density at radius 1 is 1.06 bits per heavy atom. The van der Waals surface area contributed by atoms with Crippen molar-refractivity contribution in [3.8, 4) is 16.9 Å². The monoisotopic (exact) mass is 419 g/mol. The first-order valence-corrected chi connectivity index (χ1v) is 9.57. The molecule has 1 N–H and O–H groups in total. The van der Waals surface area contributed by atoms with Crippen LogP contribution in [0.4, 0.5) is 5.69 Å². The van der Waals surface area contributed by atoms with Crippen molar-refractivity contribution in [3.05, 3.63) is 87.7 Å². The minimum absolute atomic E-state index is 0.0341. The normalized spacial score (nSPS) is 10.4. The highest BCUT2D eigenvalue weighted by Crippen LogP contribution is 2.26. The largest absolute Gasteiger partial charge is 0.497 e. The second-order valence-corrected chi connectivity index (χ2v) is 6.75. The van der Waals surface area contributed by atoms with Gasteiger partial charge in [0.15, 0.2) is 5.78 Å². The average molecular weight is 419 g/mol. The number of nitrogens with zero attached hydrogens (tertiary/aromatic N) is 2. The van der Waals surface area contributed by atoms with Crippen LogP contribution in [-0.2, 0) is 0 Å². The molecule has 0 spiro atoms. The molecule has 0 unspecified atom stereocenters. The molecule has 0 aliphatic carbocycles. The van der Waals surface area contributed by atoms with Gasteiger partial charge in [-0.25, -0.2) is 0 Å². The van der Waals surface area contributed by atoms with Crippen LogP contribution in [0.5, 0.6) is 5.75 Å². The molecule has 31 heavy (non-hydrogen) atoms. The summed E-state index contributed by atoms with van der Waals surface area (Å²) >= 11 is 0. The highest BCUT2D eigenvalue weighted by Gasteiger charge is 2.21. The summed E-state index contributed by atoms with van der Waals surface area (Å²) in [7, 11) is 1.41. The number of ketones is 1. The van der Waals surface area contributed by atoms with E-state index in [2.05, 4.69) is 10.3 Å². The van der Waals surface area contributed by atoms with Gasteiger partial charge in [-0.2, -0.15) is 0 Å². The van der Waals surface area contributed by atoms with Crippen molar-refractivity contribution in [3.63, 3.8) is 0 Å². The molecule has 0 radical (unpaired) electrons. The van der Waals surface area contributed by atoms with Crippen molar-refractivity contribution in [1.29, 1.82) is 0 Å². The summed E-state index contributed by atoms with van der Waals surface area (Å²) in [6, 6.07) is 14.8. The molecule has 1 aromatic heterocycles. The van der Waals surface area contributed by atoms with E-state index >= 15 is 0 Å². The zero-order chi connectivity index (χ0) is 22.4. The second kappa shape index (κ2) is 9.62. The Morgan fingerprint density at radius 3 is 2.52 bits per heavy atom. The van der Waals surface area contributed by atoms with Gasteiger partial charge in [-0.3, -0.25) is 24.7 Å². The van der Waals surface area contributed by atoms with Crippen LogP contribution < -0.4 is 10.1 Å². The van der Waals surface area contributed by atoms with Crippen LogP contribution >= 0.6 is 0 Å². The summed E-state index contributed by atoms with van der Waals surface area (Å²) in [5, 5.41) is 14.0. The summed E-state index contributed by atoms with van der Waals surface area (Å²) in [5.41, 5.74) is 2.48. The lowest BCUT2D eigenvalue weighted by molar-refractivity contribution is -0.385. The fourth-order valence-corrected chi connectivity index (χ4v) is 3.23. The summed E-state index contributed by atoms with van der Waals surface area (Å²) in [6.07, 6.45) is 1.60. The molecule has 1 amide bonds. The van der Waals surface area contributed by atoms with Crippen LogP contribution in [0.1, 0.15) is 32.8 Å². The summed E-state index contributed by atoms with van der Waals surface area (Å²) < 4.78 is 5.06. The lowest BCUT2D eigenvalue weighted by Crippen LogP contribution is -2.26. The van der Waals surface area contributed by atoms with Crippen LogP contribution in [0.25, 0.3) is 11.1 Å². The molecule has 158 valence electrons. The van der Waals surface area contributed by atoms with Gasteiger partial charge in [0.05, 0.1) is 17.6 Å². The summed E-state index contributed by atoms with van der Waals surface area (Å²) in [6.45, 7) is 1.90. The lowest BCUT2D eigenvalue weighted by atomic mass is 9.98. The number of benzene rings is 2. The Labute approximate surface area is 179 Å². The number of hydrogen-bond acceptors (Lipinski definition) is 6. The van der Waals surface area contributed by atoms with Gasteiger partial charge < -0.3 is 10.1 Å². The maximum Gasteiger partial charge on any atom is 0.280 e. The number of nitrogens with one attached hydrogen (secondary N) is 1. The standard InChI is InChI=1S/C23H21N3O5/c1-15-17(8-5-12-24-15)18-6-3-4-7-19(18)23(28)25-13-11-22(27)20-14-16(31-2)9-10-21(20)26(29)30/h3-10,12,14H,11,13H2,1-2H3,(H,25,28). The number of amides is 1. The van der Waals surface area contributed by atoms with Crippen LogP contribution in [0.3, 0.4) is 0 Å². The number of rotatable bonds is 8. The number of carbonyl (C=O) groups is 2. The zero-order valence-corrected chi connectivity index (χ0v) is 17.1. The predicted molar refractivity (Wildman–Crippen MR) is 115 cm³/mol. The number of Topliss-reactive ketones (excluding diaryl/α,β-unsaturated/α-hetero) is 1. The Bertz CT molecular complexity index is 1140. The molecule has 8 heteroatoms. The van der Waals surface area contributed by atoms with E-state index in [0.29, 0.717) is 11.3 Å². The van der Waals surface area contributed by atoms with Crippen molar-refractivity contribution in [1.82, 2.24) is 10.3 Å². The molecule has 0 saturated heterocycles. The molecule has 0 aliphatic heterocycles. The van der Waals surface area contributed by atoms with E-state index in [1.54, 1.807) is 24.4 Å². The fourth-order valence-electron chi connectivity index (χ4n) is 3.23. The predicted octanol–water partition coefficient (Wildman–Crippen LogP) is 3.98. The van der Waals surface area contributed by atoms with Crippen LogP contribution in [0, 0.1) is 17.0 Å². The molecular weight excluding hydrogens is 398 g/mol. The Morgan fingerprint density at radius 2 is 1.81 bits per heavy atom. The maximum absolute atomic E-state index is 12.8. The Balaban J connectivity index is 1.73. The van der Waals surface area contributed by atoms with Crippen molar-refractivity contribution in [2.45, 2.75) is 13.3 Å². The molecular formula is C23H21N3O5. The molecule has 1 heterocycles. The third kappa shape index (κ3) is 4.92. The van der Waals surface area contributed by atoms with Gasteiger partial charge in [0.1, 0.15) is 5.75 Å². The number of nitro benzene ring substituents is 1. The third-order valence-corrected chi connectivity index (χ3v) is 4.81. The first-order valence-electron chi connectivity index (χ1n) is 9.57. The molecule has 8 nitrogen and oxygen atoms in total. The first kappa shape index (κ1) is 21.6. The van der Waals surface area contributed by atoms with E-state index < -0.39 is 10.7 Å². The SMILES string of the molecule is COc1ccc([N+](=O)[O-])c(C(=O)CCNC(=O)c2ccccc2-c2cccnc2C)c1. The van der Waals surface area contributed by atoms with E-state index in [9.17, 15) is 19.7 Å². The average Bonchev–Trinajstić information content (AvgIpc) is 2.78. The molecule has 3 rings (SSSR count). The van der Waals surface area contributed by atoms with Gasteiger partial charge in [0.2, 0.25) is 0 Å². The molecule has 0 fully saturated rings. The second-order valence-electron chi connectivity index (χ2n) is 6.75. The van der Waals surface area contributed by atoms with E-state index in [-0.39, 0.29) is 30.1 Å². The molecule has 0 bridgehead atoms. The first-order chi connectivity index (χ1) is 14.9. The van der Waals surface area contributed by atoms with Crippen LogP contribution in [-0.4, -0.2) is 35.3 Å². The number of ether oxygens (including phenoxy) is 1. The van der Waals surface area contributed by atoms with Crippen molar-refractivity contribution in [2.24, 2.45) is 0 Å². The highest BCUT2D eigenvalue weighted by atomic mass is 16.6. The van der Waals surface area contributed by atoms with E-state index in [1.165, 1.54) is 25.3 Å². The van der Waals surface area contributed by atoms with E-state index in [4.69, 9.17) is 4.74 Å². The zero-order valence-electron chi connectivity index (χ0n) is 17.1. The number of hydrogen-bond donors (Lipinski definition) is 1. The minimum atomic E-state index is -0.613. The number of pyridine rings is 1. The van der Waals surface area contributed by atoms with Crippen molar-refractivity contribution < 1.29 is 19.2 Å². The highest BCUT2D eigenvalue weighted by molar-refractivity contribution is 6.02. The summed E-state index contributed by atoms with van der Waals surface area (Å²) in [5.74, 6) is -0.451. The van der Waals surface area contributed by atoms with Crippen LogP contribution in [0.2, 0.25) is 0 Å². The van der Waals surface area contributed by atoms with Crippen molar-refractivity contribution in [2.75, 3.05) is 13.7 Å². The smallest absolute Gasteiger partial charge is 0.280 e. The number of methoxy groups -OCH3 is 1. The Hall–Kier alpha value is -4.07. The quantitative estimate of drug-likeness (QED) is 0.336. The summed E-state index contributed by atoms with van der Waals surface area (Å²) in [4.78, 5) is 40.2. The Kier molecular flexibility index (Phi) is 6.71. The number of carbonyl (C=O) groups excluding carboxylic acids is 2. The minimum Gasteiger partial charge on any atom is -0.497 e. The number of aromatic nitrogens is 1. The fraction of sp³-hybridized carbons (Fsp3) is 0.174. The number of nitro groups is 1. The van der Waals surface area contributed by atoms with Crippen molar-refractivity contribution >= 4 is 17.4 Å². The van der Waals surface area contributed by atoms with Gasteiger partial charge in [-0.15, -0.1) is 0 Å². The topological polar surface area (TPSA) is 111 Å². The van der Waals surface area contributed by atoms with Gasteiger partial charge in [0, 0.05) is 42.0 Å². The van der Waals surface area contributed by atoms with E-state index in [1.807, 2.05) is 25.1 Å². The van der Waals surface area contributed by atoms with Gasteiger partial charge >= 0.3 is 0 Å². The molecule has 0 aliphatic rings. The third-order valence-electron chi connectivity index (χ3n) is 4.81. The maximum atomic E-state index is 12.8. The molecule has 0 saturated carbocycles. The molecule has 2 aromatic carbocycles. The van der Waals surface area contributed by atoms with E-state index in [0.717, 1.165) is 16.8 Å². The molecule has 0 atom stereocenters. The van der Waals surface area contributed by atoms with Crippen LogP contribution in [0.15, 0.2) is 60.8 Å². The number of aryl methyl sites for hydroxylation is 1. The van der Waals surface area contributed by atoms with Gasteiger partial charge in [0.25, 0.3) is 11.6 Å². The van der Waals surface area contributed by atoms with Gasteiger partial charge in [-0.1, -0.05) is 24.3 Å².